The van der Waals surface area contributed by atoms with Gasteiger partial charge in [0.2, 0.25) is 0 Å². The van der Waals surface area contributed by atoms with Crippen molar-refractivity contribution in [3.8, 4) is 0 Å². The van der Waals surface area contributed by atoms with Crippen molar-refractivity contribution in [1.82, 2.24) is 4.90 Å². The fourth-order valence-electron chi connectivity index (χ4n) is 2.12. The van der Waals surface area contributed by atoms with Gasteiger partial charge in [0.1, 0.15) is 0 Å². The zero-order chi connectivity index (χ0) is 11.7. The molecule has 0 aromatic heterocycles. The molecule has 1 aromatic rings. The Hall–Kier alpha value is -1.55. The molecule has 1 unspecified atom stereocenters. The summed E-state index contributed by atoms with van der Waals surface area (Å²) in [5, 5.41) is 13.0. The highest BCUT2D eigenvalue weighted by Crippen LogP contribution is 2.28. The van der Waals surface area contributed by atoms with Crippen LogP contribution in [0.3, 0.4) is 0 Å². The molecule has 0 radical (unpaired) electrons. The lowest BCUT2D eigenvalue weighted by atomic mass is 10.2. The van der Waals surface area contributed by atoms with Crippen LogP contribution in [-0.4, -0.2) is 41.2 Å². The van der Waals surface area contributed by atoms with Crippen molar-refractivity contribution in [1.29, 1.82) is 0 Å². The Labute approximate surface area is 101 Å². The van der Waals surface area contributed by atoms with Gasteiger partial charge in [-0.05, 0) is 25.0 Å². The molecule has 0 amide bonds. The van der Waals surface area contributed by atoms with E-state index in [1.807, 2.05) is 30.3 Å². The number of hydrogen-bond acceptors (Lipinski definition) is 4. The summed E-state index contributed by atoms with van der Waals surface area (Å²) in [6, 6.07) is 10.6. The molecule has 0 bridgehead atoms. The largest absolute Gasteiger partial charge is 0.389 e. The van der Waals surface area contributed by atoms with E-state index in [9.17, 15) is 5.11 Å². The fraction of sp³-hybridized carbons (Fsp3) is 0.462. The highest BCUT2D eigenvalue weighted by Gasteiger charge is 2.34. The Morgan fingerprint density at radius 2 is 2.00 bits per heavy atom. The maximum atomic E-state index is 9.66. The van der Waals surface area contributed by atoms with Gasteiger partial charge in [-0.1, -0.05) is 18.2 Å². The SMILES string of the molecule is OC1CN=C(Nc2ccccc2)N(C2CC2)C1. The molecule has 1 saturated carbocycles. The summed E-state index contributed by atoms with van der Waals surface area (Å²) < 4.78 is 0. The molecule has 1 aromatic carbocycles. The van der Waals surface area contributed by atoms with E-state index < -0.39 is 0 Å². The molecular formula is C13H17N3O. The number of aliphatic imine (C=N–C) groups is 1. The van der Waals surface area contributed by atoms with Gasteiger partial charge in [0, 0.05) is 18.3 Å². The van der Waals surface area contributed by atoms with Crippen molar-refractivity contribution in [2.75, 3.05) is 18.4 Å². The minimum Gasteiger partial charge on any atom is -0.389 e. The molecule has 1 heterocycles. The van der Waals surface area contributed by atoms with E-state index in [1.54, 1.807) is 0 Å². The third kappa shape index (κ3) is 2.42. The molecule has 1 aliphatic heterocycles. The van der Waals surface area contributed by atoms with Gasteiger partial charge >= 0.3 is 0 Å². The van der Waals surface area contributed by atoms with Gasteiger partial charge < -0.3 is 15.3 Å². The topological polar surface area (TPSA) is 47.9 Å². The van der Waals surface area contributed by atoms with Gasteiger partial charge in [0.15, 0.2) is 5.96 Å². The van der Waals surface area contributed by atoms with Crippen LogP contribution in [0.15, 0.2) is 35.3 Å². The van der Waals surface area contributed by atoms with Crippen LogP contribution in [0.5, 0.6) is 0 Å². The maximum Gasteiger partial charge on any atom is 0.198 e. The van der Waals surface area contributed by atoms with E-state index in [0.717, 1.165) is 11.6 Å². The van der Waals surface area contributed by atoms with Crippen molar-refractivity contribution in [2.24, 2.45) is 4.99 Å². The number of nitrogens with zero attached hydrogens (tertiary/aromatic N) is 2. The van der Waals surface area contributed by atoms with Crippen molar-refractivity contribution < 1.29 is 5.11 Å². The predicted molar refractivity (Wildman–Crippen MR) is 68.1 cm³/mol. The lowest BCUT2D eigenvalue weighted by Gasteiger charge is -2.32. The summed E-state index contributed by atoms with van der Waals surface area (Å²) in [6.07, 6.45) is 2.10. The number of nitrogens with one attached hydrogen (secondary N) is 1. The lowest BCUT2D eigenvalue weighted by Crippen LogP contribution is -2.47. The molecule has 0 saturated heterocycles. The van der Waals surface area contributed by atoms with Crippen molar-refractivity contribution in [3.05, 3.63) is 30.3 Å². The van der Waals surface area contributed by atoms with E-state index >= 15 is 0 Å². The Bertz CT molecular complexity index is 414. The summed E-state index contributed by atoms with van der Waals surface area (Å²) in [6.45, 7) is 1.20. The Balaban J connectivity index is 1.76. The van der Waals surface area contributed by atoms with Gasteiger partial charge in [-0.15, -0.1) is 0 Å². The Kier molecular flexibility index (Phi) is 2.73. The number of β-amino-alcohol motifs (C(OH)–C–C–N with tert-alkyl or cyclic N) is 1. The summed E-state index contributed by atoms with van der Waals surface area (Å²) in [5.41, 5.74) is 1.05. The Morgan fingerprint density at radius 1 is 1.24 bits per heavy atom. The molecule has 17 heavy (non-hydrogen) atoms. The van der Waals surface area contributed by atoms with E-state index in [-0.39, 0.29) is 6.10 Å². The number of anilines is 1. The van der Waals surface area contributed by atoms with Crippen LogP contribution in [0.25, 0.3) is 0 Å². The molecular weight excluding hydrogens is 214 g/mol. The zero-order valence-electron chi connectivity index (χ0n) is 9.71. The number of rotatable bonds is 2. The van der Waals surface area contributed by atoms with Crippen LogP contribution in [-0.2, 0) is 0 Å². The number of hydrogen-bond donors (Lipinski definition) is 2. The first-order valence-electron chi connectivity index (χ1n) is 6.14. The Morgan fingerprint density at radius 3 is 2.71 bits per heavy atom. The third-order valence-corrected chi connectivity index (χ3v) is 3.15. The van der Waals surface area contributed by atoms with Crippen LogP contribution in [0.1, 0.15) is 12.8 Å². The molecule has 0 spiro atoms. The smallest absolute Gasteiger partial charge is 0.198 e. The number of aliphatic hydroxyl groups is 1. The minimum absolute atomic E-state index is 0.322. The van der Waals surface area contributed by atoms with Gasteiger partial charge in [-0.25, -0.2) is 0 Å². The second-order valence-electron chi connectivity index (χ2n) is 4.69. The monoisotopic (exact) mass is 231 g/mol. The molecule has 4 nitrogen and oxygen atoms in total. The first-order chi connectivity index (χ1) is 8.33. The summed E-state index contributed by atoms with van der Waals surface area (Å²) in [5.74, 6) is 0.906. The maximum absolute atomic E-state index is 9.66. The number of aliphatic hydroxyl groups excluding tert-OH is 1. The molecule has 90 valence electrons. The predicted octanol–water partition coefficient (Wildman–Crippen LogP) is 1.29. The quantitative estimate of drug-likeness (QED) is 0.806. The normalized spacial score (nSPS) is 24.4. The standard InChI is InChI=1S/C13H17N3O/c17-12-8-14-13(16(9-12)11-6-7-11)15-10-4-2-1-3-5-10/h1-5,11-12,17H,6-9H2,(H,14,15). The van der Waals surface area contributed by atoms with Gasteiger partial charge in [-0.3, -0.25) is 4.99 Å². The van der Waals surface area contributed by atoms with Crippen LogP contribution >= 0.6 is 0 Å². The molecule has 4 heteroatoms. The van der Waals surface area contributed by atoms with Crippen molar-refractivity contribution >= 4 is 11.6 Å². The van der Waals surface area contributed by atoms with E-state index in [4.69, 9.17) is 0 Å². The van der Waals surface area contributed by atoms with E-state index in [2.05, 4.69) is 15.2 Å². The average Bonchev–Trinajstić information content (AvgIpc) is 3.17. The number of guanidine groups is 1. The average molecular weight is 231 g/mol. The molecule has 2 aliphatic rings. The lowest BCUT2D eigenvalue weighted by molar-refractivity contribution is 0.137. The first-order valence-corrected chi connectivity index (χ1v) is 6.14. The third-order valence-electron chi connectivity index (χ3n) is 3.15. The molecule has 1 aliphatic carbocycles. The minimum atomic E-state index is -0.322. The fourth-order valence-corrected chi connectivity index (χ4v) is 2.12. The molecule has 1 atom stereocenters. The summed E-state index contributed by atoms with van der Waals surface area (Å²) >= 11 is 0. The van der Waals surface area contributed by atoms with Gasteiger partial charge in [0.05, 0.1) is 12.6 Å². The summed E-state index contributed by atoms with van der Waals surface area (Å²) in [7, 11) is 0. The van der Waals surface area contributed by atoms with Crippen LogP contribution < -0.4 is 5.32 Å². The van der Waals surface area contributed by atoms with Crippen LogP contribution in [0.4, 0.5) is 5.69 Å². The second-order valence-corrected chi connectivity index (χ2v) is 4.69. The highest BCUT2D eigenvalue weighted by atomic mass is 16.3. The van der Waals surface area contributed by atoms with Crippen LogP contribution in [0, 0.1) is 0 Å². The molecule has 1 fully saturated rings. The molecule has 3 rings (SSSR count). The zero-order valence-corrected chi connectivity index (χ0v) is 9.71. The molecule has 2 N–H and O–H groups in total. The number of para-hydroxylation sites is 1. The number of benzene rings is 1. The van der Waals surface area contributed by atoms with Gasteiger partial charge in [0.25, 0.3) is 0 Å². The van der Waals surface area contributed by atoms with Crippen molar-refractivity contribution in [3.63, 3.8) is 0 Å². The summed E-state index contributed by atoms with van der Waals surface area (Å²) in [4.78, 5) is 6.63. The van der Waals surface area contributed by atoms with Crippen LogP contribution in [0.2, 0.25) is 0 Å². The highest BCUT2D eigenvalue weighted by molar-refractivity contribution is 5.94. The first kappa shape index (κ1) is 10.6. The second kappa shape index (κ2) is 4.37. The van der Waals surface area contributed by atoms with Gasteiger partial charge in [-0.2, -0.15) is 0 Å². The van der Waals surface area contributed by atoms with E-state index in [1.165, 1.54) is 12.8 Å². The van der Waals surface area contributed by atoms with E-state index in [0.29, 0.717) is 19.1 Å². The van der Waals surface area contributed by atoms with Crippen molar-refractivity contribution in [2.45, 2.75) is 25.0 Å².